The first kappa shape index (κ1) is 20.7. The van der Waals surface area contributed by atoms with Crippen molar-refractivity contribution < 1.29 is 14.0 Å². The molecule has 7 heteroatoms. The Labute approximate surface area is 164 Å². The van der Waals surface area contributed by atoms with Gasteiger partial charge in [-0.05, 0) is 45.0 Å². The summed E-state index contributed by atoms with van der Waals surface area (Å²) in [5, 5.41) is 0. The lowest BCUT2D eigenvalue weighted by Crippen LogP contribution is -2.34. The van der Waals surface area contributed by atoms with E-state index in [0.717, 1.165) is 9.79 Å². The molecular weight excluding hydrogens is 371 g/mol. The summed E-state index contributed by atoms with van der Waals surface area (Å²) >= 11 is 7.52. The summed E-state index contributed by atoms with van der Waals surface area (Å²) < 4.78 is 17.5. The first-order chi connectivity index (χ1) is 12.0. The van der Waals surface area contributed by atoms with Crippen molar-refractivity contribution in [3.63, 3.8) is 0 Å². The standard InChI is InChI=1S/C18H23BO3S3/c1-14(23)20-19(21-15(2)24-17-10-6-4-7-11-17)22-16(3)25-18-12-8-5-9-13-18/h4-16,23H,1-3H3. The molecule has 3 atom stereocenters. The van der Waals surface area contributed by atoms with E-state index in [-0.39, 0.29) is 16.3 Å². The molecule has 0 bridgehead atoms. The fourth-order valence-corrected chi connectivity index (χ4v) is 3.79. The highest BCUT2D eigenvalue weighted by Crippen LogP contribution is 2.27. The van der Waals surface area contributed by atoms with Crippen molar-refractivity contribution in [3.05, 3.63) is 60.7 Å². The summed E-state index contributed by atoms with van der Waals surface area (Å²) in [5.41, 5.74) is -0.519. The second-order valence-corrected chi connectivity index (χ2v) is 8.76. The van der Waals surface area contributed by atoms with Crippen molar-refractivity contribution in [1.29, 1.82) is 0 Å². The largest absolute Gasteiger partial charge is 0.641 e. The van der Waals surface area contributed by atoms with Crippen LogP contribution in [-0.2, 0) is 14.0 Å². The molecule has 0 radical (unpaired) electrons. The second kappa shape index (κ2) is 11.2. The van der Waals surface area contributed by atoms with E-state index >= 15 is 0 Å². The van der Waals surface area contributed by atoms with Gasteiger partial charge in [0.1, 0.15) is 0 Å². The molecule has 2 aromatic rings. The van der Waals surface area contributed by atoms with Crippen LogP contribution in [-0.4, -0.2) is 23.6 Å². The van der Waals surface area contributed by atoms with Gasteiger partial charge in [0.05, 0.1) is 16.3 Å². The lowest BCUT2D eigenvalue weighted by molar-refractivity contribution is 0.0814. The van der Waals surface area contributed by atoms with Gasteiger partial charge >= 0.3 is 7.32 Å². The van der Waals surface area contributed by atoms with Gasteiger partial charge in [0, 0.05) is 9.79 Å². The summed E-state index contributed by atoms with van der Waals surface area (Å²) in [4.78, 5) is 2.28. The molecule has 0 aliphatic carbocycles. The Kier molecular flexibility index (Phi) is 9.30. The normalized spacial score (nSPS) is 14.7. The molecule has 3 nitrogen and oxygen atoms in total. The van der Waals surface area contributed by atoms with E-state index in [1.54, 1.807) is 23.5 Å². The SMILES string of the molecule is CC(S)OB(OC(C)Sc1ccccc1)OC(C)Sc1ccccc1. The summed E-state index contributed by atoms with van der Waals surface area (Å²) in [5.74, 6) is 0. The van der Waals surface area contributed by atoms with Gasteiger partial charge in [0.15, 0.2) is 0 Å². The quantitative estimate of drug-likeness (QED) is 0.246. The molecule has 3 unspecified atom stereocenters. The lowest BCUT2D eigenvalue weighted by atomic mass is 10.2. The lowest BCUT2D eigenvalue weighted by Gasteiger charge is -2.23. The second-order valence-electron chi connectivity index (χ2n) is 5.29. The van der Waals surface area contributed by atoms with Gasteiger partial charge in [-0.3, -0.25) is 0 Å². The number of hydrogen-bond acceptors (Lipinski definition) is 6. The summed E-state index contributed by atoms with van der Waals surface area (Å²) in [6.07, 6.45) is 0. The Morgan fingerprint density at radius 2 is 1.12 bits per heavy atom. The van der Waals surface area contributed by atoms with Crippen molar-refractivity contribution in [1.82, 2.24) is 0 Å². The Balaban J connectivity index is 1.88. The van der Waals surface area contributed by atoms with Crippen LogP contribution in [0.25, 0.3) is 0 Å². The molecule has 0 amide bonds. The third kappa shape index (κ3) is 8.58. The zero-order chi connectivity index (χ0) is 18.1. The maximum absolute atomic E-state index is 5.93. The number of thioether (sulfide) groups is 2. The van der Waals surface area contributed by atoms with E-state index in [1.807, 2.05) is 57.2 Å². The summed E-state index contributed by atoms with van der Waals surface area (Å²) in [6, 6.07) is 20.2. The Morgan fingerprint density at radius 3 is 1.48 bits per heavy atom. The molecule has 0 spiro atoms. The van der Waals surface area contributed by atoms with Gasteiger partial charge in [-0.2, -0.15) is 0 Å². The van der Waals surface area contributed by atoms with Crippen LogP contribution in [0, 0.1) is 0 Å². The molecule has 134 valence electrons. The topological polar surface area (TPSA) is 27.7 Å². The van der Waals surface area contributed by atoms with Crippen LogP contribution >= 0.6 is 36.2 Å². The highest BCUT2D eigenvalue weighted by molar-refractivity contribution is 8.00. The first-order valence-corrected chi connectivity index (χ1v) is 10.4. The Hall–Kier alpha value is -0.565. The van der Waals surface area contributed by atoms with Gasteiger partial charge in [0.2, 0.25) is 0 Å². The van der Waals surface area contributed by atoms with Crippen molar-refractivity contribution in [2.75, 3.05) is 0 Å². The fourth-order valence-electron chi connectivity index (χ4n) is 2.01. The average Bonchev–Trinajstić information content (AvgIpc) is 2.55. The smallest absolute Gasteiger partial charge is 0.374 e. The van der Waals surface area contributed by atoms with E-state index in [1.165, 1.54) is 0 Å². The highest BCUT2D eigenvalue weighted by Gasteiger charge is 2.29. The predicted molar refractivity (Wildman–Crippen MR) is 111 cm³/mol. The highest BCUT2D eigenvalue weighted by atomic mass is 32.2. The van der Waals surface area contributed by atoms with Gasteiger partial charge in [-0.1, -0.05) is 59.9 Å². The van der Waals surface area contributed by atoms with Crippen molar-refractivity contribution in [3.8, 4) is 0 Å². The number of hydrogen-bond donors (Lipinski definition) is 1. The van der Waals surface area contributed by atoms with Crippen LogP contribution in [0.2, 0.25) is 0 Å². The number of benzene rings is 2. The van der Waals surface area contributed by atoms with Crippen LogP contribution in [0.3, 0.4) is 0 Å². The molecule has 0 saturated carbocycles. The minimum atomic E-state index is -0.773. The minimum absolute atomic E-state index is 0.117. The average molecular weight is 394 g/mol. The molecule has 0 N–H and O–H groups in total. The molecule has 0 aliphatic rings. The van der Waals surface area contributed by atoms with Crippen LogP contribution in [0.5, 0.6) is 0 Å². The van der Waals surface area contributed by atoms with E-state index in [0.29, 0.717) is 0 Å². The third-order valence-corrected chi connectivity index (χ3v) is 5.10. The molecule has 0 aliphatic heterocycles. The van der Waals surface area contributed by atoms with Gasteiger partial charge in [-0.25, -0.2) is 0 Å². The van der Waals surface area contributed by atoms with Crippen LogP contribution in [0.1, 0.15) is 20.8 Å². The van der Waals surface area contributed by atoms with Crippen LogP contribution < -0.4 is 0 Å². The first-order valence-electron chi connectivity index (χ1n) is 8.11. The monoisotopic (exact) mass is 394 g/mol. The molecular formula is C18H23BO3S3. The van der Waals surface area contributed by atoms with Crippen molar-refractivity contribution >= 4 is 43.5 Å². The molecule has 25 heavy (non-hydrogen) atoms. The van der Waals surface area contributed by atoms with E-state index in [9.17, 15) is 0 Å². The summed E-state index contributed by atoms with van der Waals surface area (Å²) in [6.45, 7) is 5.80. The third-order valence-electron chi connectivity index (χ3n) is 3.00. The minimum Gasteiger partial charge on any atom is -0.374 e. The molecule has 0 fully saturated rings. The van der Waals surface area contributed by atoms with Crippen LogP contribution in [0.15, 0.2) is 70.5 Å². The number of thiol groups is 1. The zero-order valence-corrected chi connectivity index (χ0v) is 17.1. The molecule has 0 heterocycles. The molecule has 0 aromatic heterocycles. The predicted octanol–water partition coefficient (Wildman–Crippen LogP) is 5.57. The number of rotatable bonds is 10. The molecule has 2 rings (SSSR count). The Morgan fingerprint density at radius 1 is 0.720 bits per heavy atom. The molecule has 2 aromatic carbocycles. The van der Waals surface area contributed by atoms with Crippen LogP contribution in [0.4, 0.5) is 0 Å². The van der Waals surface area contributed by atoms with Crippen molar-refractivity contribution in [2.24, 2.45) is 0 Å². The van der Waals surface area contributed by atoms with E-state index < -0.39 is 7.32 Å². The van der Waals surface area contributed by atoms with Gasteiger partial charge in [-0.15, -0.1) is 12.6 Å². The molecule has 0 saturated heterocycles. The van der Waals surface area contributed by atoms with E-state index in [2.05, 4.69) is 36.9 Å². The fraction of sp³-hybridized carbons (Fsp3) is 0.333. The maximum Gasteiger partial charge on any atom is 0.641 e. The maximum atomic E-state index is 5.93. The van der Waals surface area contributed by atoms with E-state index in [4.69, 9.17) is 14.0 Å². The summed E-state index contributed by atoms with van der Waals surface area (Å²) in [7, 11) is -0.773. The van der Waals surface area contributed by atoms with Crippen molar-refractivity contribution in [2.45, 2.75) is 46.9 Å². The zero-order valence-electron chi connectivity index (χ0n) is 14.6. The van der Waals surface area contributed by atoms with Gasteiger partial charge in [0.25, 0.3) is 0 Å². The van der Waals surface area contributed by atoms with Gasteiger partial charge < -0.3 is 14.0 Å². The Bertz CT molecular complexity index is 552.